The van der Waals surface area contributed by atoms with E-state index in [-0.39, 0.29) is 6.09 Å². The molecule has 5 nitrogen and oxygen atoms in total. The van der Waals surface area contributed by atoms with E-state index in [2.05, 4.69) is 16.0 Å². The van der Waals surface area contributed by atoms with Gasteiger partial charge < -0.3 is 9.64 Å². The maximum Gasteiger partial charge on any atom is 0.414 e. The first-order valence-corrected chi connectivity index (χ1v) is 7.54. The molecule has 2 aliphatic rings. The van der Waals surface area contributed by atoms with Crippen molar-refractivity contribution in [3.63, 3.8) is 0 Å². The van der Waals surface area contributed by atoms with Crippen molar-refractivity contribution in [2.24, 2.45) is 0 Å². The molecular formula is C17H17N3O2. The second-order valence-electron chi connectivity index (χ2n) is 5.54. The van der Waals surface area contributed by atoms with Crippen LogP contribution in [0, 0.1) is 0 Å². The third-order valence-corrected chi connectivity index (χ3v) is 4.27. The molecule has 4 rings (SSSR count). The van der Waals surface area contributed by atoms with E-state index in [1.165, 1.54) is 11.1 Å². The number of nitrogens with zero attached hydrogens (tertiary/aromatic N) is 3. The van der Waals surface area contributed by atoms with Gasteiger partial charge in [0.1, 0.15) is 12.4 Å². The molecule has 0 N–H and O–H groups in total. The molecule has 1 saturated heterocycles. The number of pyridine rings is 1. The average molecular weight is 295 g/mol. The lowest BCUT2D eigenvalue weighted by molar-refractivity contribution is 0.181. The maximum atomic E-state index is 11.8. The predicted octanol–water partition coefficient (Wildman–Crippen LogP) is 2.60. The Morgan fingerprint density at radius 3 is 2.82 bits per heavy atom. The minimum atomic E-state index is -0.236. The minimum absolute atomic E-state index is 0.236. The van der Waals surface area contributed by atoms with Crippen molar-refractivity contribution >= 4 is 17.6 Å². The number of benzene rings is 1. The van der Waals surface area contributed by atoms with Gasteiger partial charge in [0, 0.05) is 19.3 Å². The van der Waals surface area contributed by atoms with Gasteiger partial charge in [-0.1, -0.05) is 18.2 Å². The van der Waals surface area contributed by atoms with Crippen molar-refractivity contribution in [1.29, 1.82) is 0 Å². The number of hydrogen-bond acceptors (Lipinski definition) is 4. The summed E-state index contributed by atoms with van der Waals surface area (Å²) in [6.45, 7) is 2.84. The summed E-state index contributed by atoms with van der Waals surface area (Å²) in [5.41, 5.74) is 3.52. The summed E-state index contributed by atoms with van der Waals surface area (Å²) in [6.07, 6.45) is 2.49. The number of fused-ring (bicyclic) bond motifs is 1. The van der Waals surface area contributed by atoms with Gasteiger partial charge in [0.25, 0.3) is 0 Å². The molecule has 2 aliphatic heterocycles. The molecule has 0 bridgehead atoms. The fraction of sp³-hybridized carbons (Fsp3) is 0.294. The zero-order valence-electron chi connectivity index (χ0n) is 12.2. The Hall–Kier alpha value is -2.56. The van der Waals surface area contributed by atoms with E-state index in [1.54, 1.807) is 4.90 Å². The molecule has 0 unspecified atom stereocenters. The molecule has 1 aromatic carbocycles. The molecular weight excluding hydrogens is 278 g/mol. The number of carbonyl (C=O) groups is 1. The Morgan fingerprint density at radius 1 is 1.09 bits per heavy atom. The molecule has 22 heavy (non-hydrogen) atoms. The molecule has 1 fully saturated rings. The molecule has 2 aromatic rings. The van der Waals surface area contributed by atoms with Crippen molar-refractivity contribution in [2.75, 3.05) is 29.5 Å². The standard InChI is InChI=1S/C17H17N3O2/c21-17-20(10-11-22-17)15-5-3-4-13-12-19(9-7-14(13)15)16-6-1-2-8-18-16/h1-6,8H,7,9-12H2. The van der Waals surface area contributed by atoms with E-state index >= 15 is 0 Å². The monoisotopic (exact) mass is 295 g/mol. The lowest BCUT2D eigenvalue weighted by Crippen LogP contribution is -2.33. The van der Waals surface area contributed by atoms with Gasteiger partial charge in [-0.3, -0.25) is 4.90 Å². The smallest absolute Gasteiger partial charge is 0.414 e. The van der Waals surface area contributed by atoms with Crippen LogP contribution in [-0.4, -0.2) is 30.8 Å². The van der Waals surface area contributed by atoms with Crippen molar-refractivity contribution in [3.8, 4) is 0 Å². The van der Waals surface area contributed by atoms with Gasteiger partial charge in [-0.05, 0) is 35.7 Å². The molecule has 0 atom stereocenters. The third kappa shape index (κ3) is 2.19. The second kappa shape index (κ2) is 5.33. The molecule has 0 aliphatic carbocycles. The van der Waals surface area contributed by atoms with Crippen LogP contribution >= 0.6 is 0 Å². The van der Waals surface area contributed by atoms with E-state index in [0.717, 1.165) is 31.0 Å². The molecule has 3 heterocycles. The van der Waals surface area contributed by atoms with Crippen molar-refractivity contribution < 1.29 is 9.53 Å². The zero-order chi connectivity index (χ0) is 14.9. The lowest BCUT2D eigenvalue weighted by atomic mass is 9.97. The van der Waals surface area contributed by atoms with Gasteiger partial charge in [-0.15, -0.1) is 0 Å². The highest BCUT2D eigenvalue weighted by Crippen LogP contribution is 2.31. The molecule has 0 spiro atoms. The number of rotatable bonds is 2. The maximum absolute atomic E-state index is 11.8. The summed E-state index contributed by atoms with van der Waals surface area (Å²) in [5.74, 6) is 0.999. The quantitative estimate of drug-likeness (QED) is 0.854. The summed E-state index contributed by atoms with van der Waals surface area (Å²) in [5, 5.41) is 0. The van der Waals surface area contributed by atoms with Crippen LogP contribution in [0.5, 0.6) is 0 Å². The molecule has 0 radical (unpaired) electrons. The fourth-order valence-electron chi connectivity index (χ4n) is 3.19. The summed E-state index contributed by atoms with van der Waals surface area (Å²) in [7, 11) is 0. The molecule has 0 saturated carbocycles. The van der Waals surface area contributed by atoms with Crippen LogP contribution in [0.25, 0.3) is 0 Å². The van der Waals surface area contributed by atoms with Crippen LogP contribution in [0.4, 0.5) is 16.3 Å². The SMILES string of the molecule is O=C1OCCN1c1cccc2c1CCN(c1ccccn1)C2. The zero-order valence-corrected chi connectivity index (χ0v) is 12.2. The second-order valence-corrected chi connectivity index (χ2v) is 5.54. The first-order chi connectivity index (χ1) is 10.8. The van der Waals surface area contributed by atoms with Crippen LogP contribution in [0.2, 0.25) is 0 Å². The number of ether oxygens (including phenoxy) is 1. The fourth-order valence-corrected chi connectivity index (χ4v) is 3.19. The molecule has 5 heteroatoms. The minimum Gasteiger partial charge on any atom is -0.447 e. The number of carbonyl (C=O) groups excluding carboxylic acids is 1. The van der Waals surface area contributed by atoms with Gasteiger partial charge in [0.15, 0.2) is 0 Å². The van der Waals surface area contributed by atoms with Crippen molar-refractivity contribution in [1.82, 2.24) is 4.98 Å². The van der Waals surface area contributed by atoms with Gasteiger partial charge in [0.05, 0.1) is 12.2 Å². The molecule has 1 aromatic heterocycles. The number of amides is 1. The Kier molecular flexibility index (Phi) is 3.18. The van der Waals surface area contributed by atoms with Crippen LogP contribution in [0.3, 0.4) is 0 Å². The highest BCUT2D eigenvalue weighted by atomic mass is 16.6. The normalized spacial score (nSPS) is 17.4. The van der Waals surface area contributed by atoms with Gasteiger partial charge in [-0.25, -0.2) is 9.78 Å². The number of hydrogen-bond donors (Lipinski definition) is 0. The van der Waals surface area contributed by atoms with Crippen LogP contribution in [0.1, 0.15) is 11.1 Å². The Balaban J connectivity index is 1.65. The average Bonchev–Trinajstić information content (AvgIpc) is 3.00. The summed E-state index contributed by atoms with van der Waals surface area (Å²) >= 11 is 0. The van der Waals surface area contributed by atoms with Crippen LogP contribution < -0.4 is 9.80 Å². The first kappa shape index (κ1) is 13.1. The highest BCUT2D eigenvalue weighted by molar-refractivity contribution is 5.90. The lowest BCUT2D eigenvalue weighted by Gasteiger charge is -2.32. The Morgan fingerprint density at radius 2 is 2.05 bits per heavy atom. The van der Waals surface area contributed by atoms with E-state index in [4.69, 9.17) is 4.74 Å². The number of cyclic esters (lactones) is 1. The van der Waals surface area contributed by atoms with E-state index in [1.807, 2.05) is 36.5 Å². The number of aromatic nitrogens is 1. The highest BCUT2D eigenvalue weighted by Gasteiger charge is 2.28. The van der Waals surface area contributed by atoms with Crippen molar-refractivity contribution in [3.05, 3.63) is 53.7 Å². The molecule has 112 valence electrons. The first-order valence-electron chi connectivity index (χ1n) is 7.54. The number of anilines is 2. The van der Waals surface area contributed by atoms with Crippen LogP contribution in [0.15, 0.2) is 42.6 Å². The van der Waals surface area contributed by atoms with Gasteiger partial charge in [-0.2, -0.15) is 0 Å². The molecule has 1 amide bonds. The third-order valence-electron chi connectivity index (χ3n) is 4.27. The topological polar surface area (TPSA) is 45.7 Å². The van der Waals surface area contributed by atoms with E-state index in [9.17, 15) is 4.79 Å². The van der Waals surface area contributed by atoms with Gasteiger partial charge >= 0.3 is 6.09 Å². The van der Waals surface area contributed by atoms with Gasteiger partial charge in [0.2, 0.25) is 0 Å². The Labute approximate surface area is 129 Å². The van der Waals surface area contributed by atoms with Crippen molar-refractivity contribution in [2.45, 2.75) is 13.0 Å². The van der Waals surface area contributed by atoms with E-state index in [0.29, 0.717) is 13.2 Å². The largest absolute Gasteiger partial charge is 0.447 e. The summed E-state index contributed by atoms with van der Waals surface area (Å²) in [4.78, 5) is 20.3. The summed E-state index contributed by atoms with van der Waals surface area (Å²) in [6, 6.07) is 12.1. The summed E-state index contributed by atoms with van der Waals surface area (Å²) < 4.78 is 5.07. The Bertz CT molecular complexity index is 702. The van der Waals surface area contributed by atoms with E-state index < -0.39 is 0 Å². The van der Waals surface area contributed by atoms with Crippen LogP contribution in [-0.2, 0) is 17.7 Å². The predicted molar refractivity (Wildman–Crippen MR) is 84.1 cm³/mol.